The minimum absolute atomic E-state index is 0.574. The number of thiophene rings is 1. The molecule has 1 aliphatic heterocycles. The van der Waals surface area contributed by atoms with E-state index in [9.17, 15) is 4.39 Å². The molecule has 0 radical (unpaired) electrons. The van der Waals surface area contributed by atoms with Gasteiger partial charge in [-0.15, -0.1) is 11.3 Å². The predicted molar refractivity (Wildman–Crippen MR) is 66.3 cm³/mol. The Hall–Kier alpha value is 0.0700. The van der Waals surface area contributed by atoms with Crippen molar-refractivity contribution in [2.75, 3.05) is 13.1 Å². The number of nitrogens with one attached hydrogen (secondary N) is 1. The first kappa shape index (κ1) is 11.6. The van der Waals surface area contributed by atoms with Crippen LogP contribution in [0.15, 0.2) is 15.9 Å². The average Bonchev–Trinajstić information content (AvgIpc) is 2.46. The van der Waals surface area contributed by atoms with Gasteiger partial charge in [-0.3, -0.25) is 0 Å². The Kier molecular flexibility index (Phi) is 3.80. The van der Waals surface area contributed by atoms with Gasteiger partial charge in [0.1, 0.15) is 5.67 Å². The lowest BCUT2D eigenvalue weighted by Gasteiger charge is -2.22. The van der Waals surface area contributed by atoms with E-state index in [0.29, 0.717) is 19.3 Å². The van der Waals surface area contributed by atoms with E-state index in [1.54, 1.807) is 11.3 Å². The van der Waals surface area contributed by atoms with Crippen LogP contribution in [0.1, 0.15) is 24.1 Å². The van der Waals surface area contributed by atoms with Crippen LogP contribution in [0.3, 0.4) is 0 Å². The van der Waals surface area contributed by atoms with Gasteiger partial charge in [0.05, 0.1) is 0 Å². The fourth-order valence-corrected chi connectivity index (χ4v) is 3.61. The van der Waals surface area contributed by atoms with E-state index >= 15 is 0 Å². The fourth-order valence-electron chi connectivity index (χ4n) is 2.03. The molecule has 1 aliphatic rings. The molecule has 2 heterocycles. The Morgan fingerprint density at radius 2 is 2.33 bits per heavy atom. The molecule has 1 fully saturated rings. The summed E-state index contributed by atoms with van der Waals surface area (Å²) >= 11 is 5.05. The molecule has 0 aromatic carbocycles. The molecule has 15 heavy (non-hydrogen) atoms. The predicted octanol–water partition coefficient (Wildman–Crippen LogP) is 3.53. The summed E-state index contributed by atoms with van der Waals surface area (Å²) in [7, 11) is 0. The fraction of sp³-hybridized carbons (Fsp3) is 0.636. The number of halogens is 2. The molecule has 1 aromatic rings. The minimum Gasteiger partial charge on any atom is -0.317 e. The second kappa shape index (κ2) is 4.93. The molecule has 2 rings (SSSR count). The van der Waals surface area contributed by atoms with Gasteiger partial charge >= 0.3 is 0 Å². The number of hydrogen-bond acceptors (Lipinski definition) is 2. The molecular weight excluding hydrogens is 277 g/mol. The van der Waals surface area contributed by atoms with Gasteiger partial charge in [0, 0.05) is 21.2 Å². The zero-order valence-corrected chi connectivity index (χ0v) is 11.0. The molecule has 1 N–H and O–H groups in total. The molecule has 84 valence electrons. The van der Waals surface area contributed by atoms with Gasteiger partial charge in [-0.2, -0.15) is 0 Å². The van der Waals surface area contributed by atoms with Crippen LogP contribution in [0.5, 0.6) is 0 Å². The third-order valence-corrected chi connectivity index (χ3v) is 4.54. The van der Waals surface area contributed by atoms with Crippen molar-refractivity contribution in [1.82, 2.24) is 5.32 Å². The topological polar surface area (TPSA) is 12.0 Å². The van der Waals surface area contributed by atoms with Gasteiger partial charge in [0.25, 0.3) is 0 Å². The molecule has 1 aromatic heterocycles. The van der Waals surface area contributed by atoms with Crippen molar-refractivity contribution in [2.24, 2.45) is 0 Å². The van der Waals surface area contributed by atoms with Crippen molar-refractivity contribution in [3.8, 4) is 0 Å². The molecule has 1 saturated heterocycles. The van der Waals surface area contributed by atoms with E-state index in [0.717, 1.165) is 28.9 Å². The van der Waals surface area contributed by atoms with Crippen molar-refractivity contribution < 1.29 is 4.39 Å². The van der Waals surface area contributed by atoms with Crippen LogP contribution < -0.4 is 5.32 Å². The summed E-state index contributed by atoms with van der Waals surface area (Å²) in [5, 5.41) is 5.27. The van der Waals surface area contributed by atoms with Crippen LogP contribution in [0, 0.1) is 0 Å². The molecule has 0 bridgehead atoms. The van der Waals surface area contributed by atoms with Crippen LogP contribution in [-0.4, -0.2) is 18.8 Å². The lowest BCUT2D eigenvalue weighted by atomic mass is 9.92. The third-order valence-electron chi connectivity index (χ3n) is 2.84. The van der Waals surface area contributed by atoms with E-state index in [-0.39, 0.29) is 0 Å². The highest BCUT2D eigenvalue weighted by Gasteiger charge is 2.31. The van der Waals surface area contributed by atoms with E-state index in [1.165, 1.54) is 0 Å². The Bertz CT molecular complexity index is 318. The molecule has 4 heteroatoms. The second-order valence-corrected chi connectivity index (χ2v) is 6.07. The maximum Gasteiger partial charge on any atom is 0.117 e. The first-order chi connectivity index (χ1) is 7.18. The van der Waals surface area contributed by atoms with E-state index in [4.69, 9.17) is 0 Å². The lowest BCUT2D eigenvalue weighted by molar-refractivity contribution is 0.145. The Morgan fingerprint density at radius 3 is 3.07 bits per heavy atom. The van der Waals surface area contributed by atoms with Gasteiger partial charge in [0.15, 0.2) is 0 Å². The van der Waals surface area contributed by atoms with Gasteiger partial charge in [-0.1, -0.05) is 0 Å². The second-order valence-electron chi connectivity index (χ2n) is 4.16. The summed E-state index contributed by atoms with van der Waals surface area (Å²) in [6, 6.07) is 2.03. The molecule has 0 aliphatic carbocycles. The van der Waals surface area contributed by atoms with E-state index in [2.05, 4.69) is 21.2 Å². The van der Waals surface area contributed by atoms with E-state index < -0.39 is 5.67 Å². The largest absolute Gasteiger partial charge is 0.317 e. The van der Waals surface area contributed by atoms with Crippen molar-refractivity contribution in [2.45, 2.75) is 31.4 Å². The lowest BCUT2D eigenvalue weighted by Crippen LogP contribution is -2.27. The summed E-state index contributed by atoms with van der Waals surface area (Å²) < 4.78 is 15.5. The molecule has 1 nitrogen and oxygen atoms in total. The minimum atomic E-state index is -0.992. The highest BCUT2D eigenvalue weighted by atomic mass is 79.9. The van der Waals surface area contributed by atoms with Gasteiger partial charge < -0.3 is 5.32 Å². The zero-order chi connectivity index (χ0) is 10.7. The molecule has 1 unspecified atom stereocenters. The quantitative estimate of drug-likeness (QED) is 0.879. The van der Waals surface area contributed by atoms with Crippen molar-refractivity contribution in [3.63, 3.8) is 0 Å². The van der Waals surface area contributed by atoms with Crippen molar-refractivity contribution in [3.05, 3.63) is 20.8 Å². The first-order valence-corrected chi connectivity index (χ1v) is 6.98. The van der Waals surface area contributed by atoms with Crippen LogP contribution >= 0.6 is 27.3 Å². The number of alkyl halides is 1. The van der Waals surface area contributed by atoms with Crippen LogP contribution in [0.2, 0.25) is 0 Å². The monoisotopic (exact) mass is 291 g/mol. The Morgan fingerprint density at radius 1 is 1.47 bits per heavy atom. The Labute approximate surface area is 102 Å². The average molecular weight is 292 g/mol. The zero-order valence-electron chi connectivity index (χ0n) is 8.56. The highest BCUT2D eigenvalue weighted by molar-refractivity contribution is 9.10. The molecular formula is C11H15BrFNS. The SMILES string of the molecule is FC1(Cc2cc(Br)cs2)CCCNCC1. The van der Waals surface area contributed by atoms with Gasteiger partial charge in [-0.05, 0) is 54.3 Å². The van der Waals surface area contributed by atoms with Gasteiger partial charge in [0.2, 0.25) is 0 Å². The van der Waals surface area contributed by atoms with Crippen LogP contribution in [0.4, 0.5) is 4.39 Å². The maximum absolute atomic E-state index is 14.5. The molecule has 0 amide bonds. The maximum atomic E-state index is 14.5. The molecule has 0 saturated carbocycles. The normalized spacial score (nSPS) is 27.6. The van der Waals surface area contributed by atoms with Gasteiger partial charge in [-0.25, -0.2) is 4.39 Å². The summed E-state index contributed by atoms with van der Waals surface area (Å²) in [6.07, 6.45) is 2.85. The van der Waals surface area contributed by atoms with Crippen LogP contribution in [-0.2, 0) is 6.42 Å². The first-order valence-electron chi connectivity index (χ1n) is 5.31. The summed E-state index contributed by atoms with van der Waals surface area (Å²) in [5.74, 6) is 0. The molecule has 1 atom stereocenters. The van der Waals surface area contributed by atoms with E-state index in [1.807, 2.05) is 11.4 Å². The standard InChI is InChI=1S/C11H15BrFNS/c12-9-6-10(15-8-9)7-11(13)2-1-4-14-5-3-11/h6,8,14H,1-5,7H2. The smallest absolute Gasteiger partial charge is 0.117 e. The Balaban J connectivity index is 2.02. The molecule has 0 spiro atoms. The summed E-state index contributed by atoms with van der Waals surface area (Å²) in [4.78, 5) is 1.14. The number of hydrogen-bond donors (Lipinski definition) is 1. The van der Waals surface area contributed by atoms with Crippen molar-refractivity contribution in [1.29, 1.82) is 0 Å². The van der Waals surface area contributed by atoms with Crippen LogP contribution in [0.25, 0.3) is 0 Å². The number of rotatable bonds is 2. The highest BCUT2D eigenvalue weighted by Crippen LogP contribution is 2.31. The summed E-state index contributed by atoms with van der Waals surface area (Å²) in [5.41, 5.74) is -0.992. The summed E-state index contributed by atoms with van der Waals surface area (Å²) in [6.45, 7) is 1.77. The van der Waals surface area contributed by atoms with Crippen molar-refractivity contribution >= 4 is 27.3 Å². The third kappa shape index (κ3) is 3.26.